The zero-order chi connectivity index (χ0) is 11.2. The van der Waals surface area contributed by atoms with E-state index in [1.807, 2.05) is 4.90 Å². The average Bonchev–Trinajstić information content (AvgIpc) is 2.59. The smallest absolute Gasteiger partial charge is 0.312 e. The van der Waals surface area contributed by atoms with Crippen molar-refractivity contribution in [1.29, 1.82) is 0 Å². The van der Waals surface area contributed by atoms with Gasteiger partial charge in [0.15, 0.2) is 0 Å². The second kappa shape index (κ2) is 3.28. The Hall–Kier alpha value is -1.43. The van der Waals surface area contributed by atoms with Crippen molar-refractivity contribution in [1.82, 2.24) is 9.97 Å². The van der Waals surface area contributed by atoms with E-state index in [0.717, 1.165) is 32.7 Å². The fourth-order valence-electron chi connectivity index (χ4n) is 2.34. The Labute approximate surface area is 92.4 Å². The highest BCUT2D eigenvalue weighted by Crippen LogP contribution is 2.38. The van der Waals surface area contributed by atoms with Crippen molar-refractivity contribution < 1.29 is 9.13 Å². The topological polar surface area (TPSA) is 64.3 Å². The second-order valence-electron chi connectivity index (χ2n) is 4.58. The zero-order valence-electron chi connectivity index (χ0n) is 8.82. The van der Waals surface area contributed by atoms with Crippen LogP contribution in [0.25, 0.3) is 0 Å². The van der Waals surface area contributed by atoms with Gasteiger partial charge in [0.05, 0.1) is 13.2 Å². The van der Waals surface area contributed by atoms with Gasteiger partial charge in [-0.2, -0.15) is 14.4 Å². The Bertz CT molecular complexity index is 401. The lowest BCUT2D eigenvalue weighted by Crippen LogP contribution is -2.44. The normalized spacial score (nSPS) is 22.4. The number of rotatable bonds is 1. The molecule has 2 N–H and O–H groups in total. The van der Waals surface area contributed by atoms with Crippen molar-refractivity contribution in [2.45, 2.75) is 6.42 Å². The molecule has 0 bridgehead atoms. The van der Waals surface area contributed by atoms with E-state index >= 15 is 0 Å². The lowest BCUT2D eigenvalue weighted by molar-refractivity contribution is -0.0985. The number of nitrogens with two attached hydrogens (primary N) is 1. The molecule has 86 valence electrons. The van der Waals surface area contributed by atoms with Crippen LogP contribution in [0.5, 0.6) is 0 Å². The fourth-order valence-corrected chi connectivity index (χ4v) is 2.34. The van der Waals surface area contributed by atoms with Crippen molar-refractivity contribution in [3.05, 3.63) is 12.1 Å². The highest BCUT2D eigenvalue weighted by Gasteiger charge is 2.44. The quantitative estimate of drug-likeness (QED) is 0.700. The van der Waals surface area contributed by atoms with Gasteiger partial charge in [0.2, 0.25) is 0 Å². The number of nitrogen functional groups attached to an aromatic ring is 1. The predicted molar refractivity (Wildman–Crippen MR) is 56.5 cm³/mol. The summed E-state index contributed by atoms with van der Waals surface area (Å²) in [4.78, 5) is 9.24. The van der Waals surface area contributed by atoms with Gasteiger partial charge in [-0.3, -0.25) is 0 Å². The summed E-state index contributed by atoms with van der Waals surface area (Å²) in [5.74, 6) is 0.752. The number of nitrogens with zero attached hydrogens (tertiary/aromatic N) is 3. The summed E-state index contributed by atoms with van der Waals surface area (Å²) >= 11 is 0. The fraction of sp³-hybridized carbons (Fsp3) is 0.600. The molecule has 1 spiro atoms. The number of ether oxygens (including phenoxy) is 1. The minimum Gasteiger partial charge on any atom is -0.383 e. The van der Waals surface area contributed by atoms with E-state index in [9.17, 15) is 4.39 Å². The molecule has 2 saturated heterocycles. The van der Waals surface area contributed by atoms with E-state index in [0.29, 0.717) is 5.82 Å². The van der Waals surface area contributed by atoms with Gasteiger partial charge in [0.25, 0.3) is 0 Å². The van der Waals surface area contributed by atoms with Gasteiger partial charge in [-0.25, -0.2) is 0 Å². The number of hydrogen-bond donors (Lipinski definition) is 1. The number of anilines is 2. The lowest BCUT2D eigenvalue weighted by atomic mass is 9.85. The molecule has 6 heteroatoms. The van der Waals surface area contributed by atoms with E-state index < -0.39 is 6.08 Å². The Morgan fingerprint density at radius 2 is 2.25 bits per heavy atom. The summed E-state index contributed by atoms with van der Waals surface area (Å²) in [5, 5.41) is 0. The molecule has 0 aromatic carbocycles. The maximum atomic E-state index is 13.0. The number of halogens is 1. The molecule has 0 radical (unpaired) electrons. The minimum atomic E-state index is -0.763. The summed E-state index contributed by atoms with van der Waals surface area (Å²) in [6.07, 6.45) is 0.305. The monoisotopic (exact) mass is 224 g/mol. The molecule has 2 aliphatic rings. The number of hydrogen-bond acceptors (Lipinski definition) is 5. The molecule has 0 unspecified atom stereocenters. The maximum absolute atomic E-state index is 13.0. The van der Waals surface area contributed by atoms with E-state index in [4.69, 9.17) is 10.5 Å². The van der Waals surface area contributed by atoms with E-state index in [2.05, 4.69) is 9.97 Å². The third kappa shape index (κ3) is 1.49. The third-order valence-corrected chi connectivity index (χ3v) is 3.28. The molecule has 16 heavy (non-hydrogen) atoms. The van der Waals surface area contributed by atoms with Crippen molar-refractivity contribution >= 4 is 11.6 Å². The van der Waals surface area contributed by atoms with Crippen molar-refractivity contribution in [2.24, 2.45) is 5.41 Å². The van der Waals surface area contributed by atoms with Gasteiger partial charge in [0.1, 0.15) is 11.6 Å². The minimum absolute atomic E-state index is 0.174. The van der Waals surface area contributed by atoms with E-state index in [1.165, 1.54) is 0 Å². The van der Waals surface area contributed by atoms with Crippen LogP contribution in [0.1, 0.15) is 6.42 Å². The zero-order valence-corrected chi connectivity index (χ0v) is 8.82. The molecule has 0 saturated carbocycles. The van der Waals surface area contributed by atoms with Crippen LogP contribution < -0.4 is 10.6 Å². The van der Waals surface area contributed by atoms with Crippen LogP contribution in [0.3, 0.4) is 0 Å². The molecule has 3 heterocycles. The molecule has 1 aromatic heterocycles. The van der Waals surface area contributed by atoms with Crippen LogP contribution in [-0.4, -0.2) is 36.3 Å². The molecule has 0 amide bonds. The molecular weight excluding hydrogens is 211 g/mol. The Morgan fingerprint density at radius 1 is 1.44 bits per heavy atom. The Morgan fingerprint density at radius 3 is 2.81 bits per heavy atom. The number of aromatic nitrogens is 2. The molecular formula is C10H13FN4O. The third-order valence-electron chi connectivity index (χ3n) is 3.28. The van der Waals surface area contributed by atoms with Gasteiger partial charge >= 0.3 is 6.08 Å². The van der Waals surface area contributed by atoms with Crippen LogP contribution in [0, 0.1) is 11.5 Å². The van der Waals surface area contributed by atoms with Crippen LogP contribution in [-0.2, 0) is 4.74 Å². The second-order valence-corrected chi connectivity index (χ2v) is 4.58. The highest BCUT2D eigenvalue weighted by molar-refractivity contribution is 5.47. The van der Waals surface area contributed by atoms with Gasteiger partial charge < -0.3 is 15.4 Å². The molecule has 0 aliphatic carbocycles. The standard InChI is InChI=1S/C10H13FN4O/c11-9-13-7(12)3-8(14-9)15-2-1-10(4-15)5-16-6-10/h3H,1-2,4-6H2,(H2,12,13,14). The first-order valence-electron chi connectivity index (χ1n) is 5.30. The van der Waals surface area contributed by atoms with Gasteiger partial charge in [-0.1, -0.05) is 0 Å². The van der Waals surface area contributed by atoms with Crippen molar-refractivity contribution in [2.75, 3.05) is 36.9 Å². The summed E-state index contributed by atoms with van der Waals surface area (Å²) in [7, 11) is 0. The Balaban J connectivity index is 1.82. The Kier molecular flexibility index (Phi) is 2.00. The van der Waals surface area contributed by atoms with Gasteiger partial charge in [0, 0.05) is 24.6 Å². The molecule has 1 aromatic rings. The van der Waals surface area contributed by atoms with Gasteiger partial charge in [-0.05, 0) is 6.42 Å². The van der Waals surface area contributed by atoms with Crippen LogP contribution >= 0.6 is 0 Å². The van der Waals surface area contributed by atoms with E-state index in [1.54, 1.807) is 6.07 Å². The highest BCUT2D eigenvalue weighted by atomic mass is 19.1. The summed E-state index contributed by atoms with van der Waals surface area (Å²) in [6.45, 7) is 3.33. The first kappa shape index (κ1) is 9.77. The average molecular weight is 224 g/mol. The molecule has 2 fully saturated rings. The van der Waals surface area contributed by atoms with Gasteiger partial charge in [-0.15, -0.1) is 0 Å². The summed E-state index contributed by atoms with van der Waals surface area (Å²) < 4.78 is 18.2. The van der Waals surface area contributed by atoms with Crippen molar-refractivity contribution in [3.8, 4) is 0 Å². The molecule has 2 aliphatic heterocycles. The summed E-state index contributed by atoms with van der Waals surface area (Å²) in [6, 6.07) is 1.61. The van der Waals surface area contributed by atoms with E-state index in [-0.39, 0.29) is 11.2 Å². The van der Waals surface area contributed by atoms with Crippen LogP contribution in [0.4, 0.5) is 16.0 Å². The van der Waals surface area contributed by atoms with Crippen LogP contribution in [0.2, 0.25) is 0 Å². The predicted octanol–water partition coefficient (Wildman–Crippen LogP) is 0.425. The molecule has 5 nitrogen and oxygen atoms in total. The SMILES string of the molecule is Nc1cc(N2CCC3(COC3)C2)nc(F)n1. The molecule has 3 rings (SSSR count). The van der Waals surface area contributed by atoms with Crippen LogP contribution in [0.15, 0.2) is 6.07 Å². The first-order chi connectivity index (χ1) is 7.67. The first-order valence-corrected chi connectivity index (χ1v) is 5.30. The van der Waals surface area contributed by atoms with Crippen molar-refractivity contribution in [3.63, 3.8) is 0 Å². The summed E-state index contributed by atoms with van der Waals surface area (Å²) in [5.41, 5.74) is 5.76. The lowest BCUT2D eigenvalue weighted by Gasteiger charge is -2.37. The molecule has 0 atom stereocenters. The maximum Gasteiger partial charge on any atom is 0.312 e. The largest absolute Gasteiger partial charge is 0.383 e.